The molecule has 2 aromatic carbocycles. The Bertz CT molecular complexity index is 1030. The molecule has 1 aromatic heterocycles. The van der Waals surface area contributed by atoms with Crippen molar-refractivity contribution >= 4 is 23.6 Å². The molecule has 0 spiro atoms. The van der Waals surface area contributed by atoms with Gasteiger partial charge in [-0.15, -0.1) is 0 Å². The molecule has 1 aliphatic rings. The highest BCUT2D eigenvalue weighted by Gasteiger charge is 2.21. The molecular weight excluding hydrogens is 424 g/mol. The number of hydrogen-bond donors (Lipinski definition) is 2. The number of benzene rings is 2. The largest absolute Gasteiger partial charge is 0.376 e. The van der Waals surface area contributed by atoms with Crippen molar-refractivity contribution in [2.24, 2.45) is 0 Å². The lowest BCUT2D eigenvalue weighted by Crippen LogP contribution is -2.43. The van der Waals surface area contributed by atoms with Crippen LogP contribution >= 0.6 is 11.8 Å². The quantitative estimate of drug-likeness (QED) is 0.407. The van der Waals surface area contributed by atoms with Crippen LogP contribution in [0.5, 0.6) is 0 Å². The standard InChI is InChI=1S/C24H26N4O3S/c29-22(14-18-8-3-1-4-9-18)26-27-23(30)17-32-24-25-15-21(19-10-5-2-6-11-19)28(24)16-20-12-7-13-31-20/h1-6,8-11,15,20H,7,12-14,16-17H2,(H,26,29)(H,27,30)/t20-/m1/s1. The SMILES string of the molecule is O=C(CSc1ncc(-c2ccccc2)n1C[C@H]1CCCO1)NNC(=O)Cc1ccccc1. The first-order valence-electron chi connectivity index (χ1n) is 10.7. The Morgan fingerprint density at radius 3 is 2.47 bits per heavy atom. The van der Waals surface area contributed by atoms with Gasteiger partial charge in [0.15, 0.2) is 5.16 Å². The molecule has 1 fully saturated rings. The van der Waals surface area contributed by atoms with Gasteiger partial charge in [-0.1, -0.05) is 72.4 Å². The fourth-order valence-electron chi connectivity index (χ4n) is 3.61. The first kappa shape index (κ1) is 22.1. The average Bonchev–Trinajstić information content (AvgIpc) is 3.48. The number of nitrogens with one attached hydrogen (secondary N) is 2. The molecule has 0 radical (unpaired) electrons. The van der Waals surface area contributed by atoms with E-state index in [0.29, 0.717) is 6.54 Å². The minimum absolute atomic E-state index is 0.141. The number of imidazole rings is 1. The number of hydrogen-bond acceptors (Lipinski definition) is 5. The van der Waals surface area contributed by atoms with Gasteiger partial charge in [-0.2, -0.15) is 0 Å². The highest BCUT2D eigenvalue weighted by Crippen LogP contribution is 2.28. The second-order valence-corrected chi connectivity index (χ2v) is 8.53. The highest BCUT2D eigenvalue weighted by molar-refractivity contribution is 7.99. The van der Waals surface area contributed by atoms with E-state index in [-0.39, 0.29) is 30.1 Å². The summed E-state index contributed by atoms with van der Waals surface area (Å²) in [6, 6.07) is 19.5. The van der Waals surface area contributed by atoms with Gasteiger partial charge in [0.05, 0.1) is 36.7 Å². The molecule has 2 amide bonds. The Balaban J connectivity index is 1.35. The summed E-state index contributed by atoms with van der Waals surface area (Å²) in [6.45, 7) is 1.48. The van der Waals surface area contributed by atoms with Crippen LogP contribution in [0.2, 0.25) is 0 Å². The molecule has 32 heavy (non-hydrogen) atoms. The molecule has 3 aromatic rings. The predicted octanol–water partition coefficient (Wildman–Crippen LogP) is 3.21. The van der Waals surface area contributed by atoms with Crippen LogP contribution < -0.4 is 10.9 Å². The normalized spacial score (nSPS) is 15.4. The van der Waals surface area contributed by atoms with Crippen molar-refractivity contribution in [2.45, 2.75) is 37.1 Å². The van der Waals surface area contributed by atoms with Crippen LogP contribution in [0.25, 0.3) is 11.3 Å². The Morgan fingerprint density at radius 2 is 1.75 bits per heavy atom. The maximum Gasteiger partial charge on any atom is 0.248 e. The third kappa shape index (κ3) is 5.99. The fourth-order valence-corrected chi connectivity index (χ4v) is 4.40. The first-order chi connectivity index (χ1) is 15.7. The van der Waals surface area contributed by atoms with Crippen LogP contribution in [-0.2, 0) is 27.3 Å². The van der Waals surface area contributed by atoms with Gasteiger partial charge in [0.1, 0.15) is 0 Å². The van der Waals surface area contributed by atoms with Crippen LogP contribution in [0.3, 0.4) is 0 Å². The predicted molar refractivity (Wildman–Crippen MR) is 124 cm³/mol. The molecule has 7 nitrogen and oxygen atoms in total. The van der Waals surface area contributed by atoms with E-state index < -0.39 is 0 Å². The molecule has 0 saturated carbocycles. The van der Waals surface area contributed by atoms with E-state index in [2.05, 4.69) is 20.4 Å². The number of amides is 2. The average molecular weight is 451 g/mol. The number of carbonyl (C=O) groups excluding carboxylic acids is 2. The summed E-state index contributed by atoms with van der Waals surface area (Å²) in [4.78, 5) is 28.9. The number of ether oxygens (including phenoxy) is 1. The van der Waals surface area contributed by atoms with Crippen LogP contribution in [-0.4, -0.2) is 39.8 Å². The molecular formula is C24H26N4O3S. The molecule has 2 N–H and O–H groups in total. The summed E-state index contributed by atoms with van der Waals surface area (Å²) < 4.78 is 7.95. The fraction of sp³-hybridized carbons (Fsp3) is 0.292. The summed E-state index contributed by atoms with van der Waals surface area (Å²) >= 11 is 1.34. The van der Waals surface area contributed by atoms with Crippen molar-refractivity contribution in [2.75, 3.05) is 12.4 Å². The van der Waals surface area contributed by atoms with Crippen molar-refractivity contribution in [1.82, 2.24) is 20.4 Å². The van der Waals surface area contributed by atoms with Crippen molar-refractivity contribution in [3.05, 3.63) is 72.4 Å². The molecule has 166 valence electrons. The third-order valence-electron chi connectivity index (χ3n) is 5.18. The number of thioether (sulfide) groups is 1. The van der Waals surface area contributed by atoms with E-state index in [0.717, 1.165) is 41.4 Å². The molecule has 1 aliphatic heterocycles. The van der Waals surface area contributed by atoms with E-state index in [9.17, 15) is 9.59 Å². The molecule has 2 heterocycles. The zero-order valence-electron chi connectivity index (χ0n) is 17.7. The van der Waals surface area contributed by atoms with E-state index in [4.69, 9.17) is 4.74 Å². The van der Waals surface area contributed by atoms with Gasteiger partial charge in [0.25, 0.3) is 0 Å². The van der Waals surface area contributed by atoms with Gasteiger partial charge in [-0.3, -0.25) is 20.4 Å². The van der Waals surface area contributed by atoms with Crippen molar-refractivity contribution in [3.8, 4) is 11.3 Å². The molecule has 0 bridgehead atoms. The van der Waals surface area contributed by atoms with Crippen molar-refractivity contribution in [1.29, 1.82) is 0 Å². The number of nitrogens with zero attached hydrogens (tertiary/aromatic N) is 2. The van der Waals surface area contributed by atoms with Crippen LogP contribution in [0.1, 0.15) is 18.4 Å². The minimum Gasteiger partial charge on any atom is -0.376 e. The number of aromatic nitrogens is 2. The molecule has 8 heteroatoms. The Morgan fingerprint density at radius 1 is 1.03 bits per heavy atom. The minimum atomic E-state index is -0.288. The maximum atomic E-state index is 12.3. The Kier molecular flexibility index (Phi) is 7.58. The van der Waals surface area contributed by atoms with E-state index in [1.165, 1.54) is 11.8 Å². The summed E-state index contributed by atoms with van der Waals surface area (Å²) in [5, 5.41) is 0.755. The Labute approximate surface area is 191 Å². The zero-order chi connectivity index (χ0) is 22.2. The van der Waals surface area contributed by atoms with Crippen molar-refractivity contribution in [3.63, 3.8) is 0 Å². The Hall–Kier alpha value is -3.10. The molecule has 1 atom stereocenters. The lowest BCUT2D eigenvalue weighted by atomic mass is 10.1. The second kappa shape index (κ2) is 11.0. The smallest absolute Gasteiger partial charge is 0.248 e. The van der Waals surface area contributed by atoms with Gasteiger partial charge in [0.2, 0.25) is 11.8 Å². The van der Waals surface area contributed by atoms with Crippen LogP contribution in [0, 0.1) is 0 Å². The molecule has 1 saturated heterocycles. The second-order valence-electron chi connectivity index (χ2n) is 7.59. The van der Waals surface area contributed by atoms with Gasteiger partial charge in [-0.25, -0.2) is 4.98 Å². The molecule has 4 rings (SSSR count). The molecule has 0 unspecified atom stereocenters. The number of carbonyl (C=O) groups is 2. The maximum absolute atomic E-state index is 12.3. The number of rotatable bonds is 8. The lowest BCUT2D eigenvalue weighted by Gasteiger charge is -2.16. The zero-order valence-corrected chi connectivity index (χ0v) is 18.5. The highest BCUT2D eigenvalue weighted by atomic mass is 32.2. The first-order valence-corrected chi connectivity index (χ1v) is 11.6. The van der Waals surface area contributed by atoms with Crippen LogP contribution in [0.4, 0.5) is 0 Å². The monoisotopic (exact) mass is 450 g/mol. The van der Waals surface area contributed by atoms with Gasteiger partial charge < -0.3 is 9.30 Å². The van der Waals surface area contributed by atoms with E-state index in [1.54, 1.807) is 0 Å². The lowest BCUT2D eigenvalue weighted by molar-refractivity contribution is -0.127. The van der Waals surface area contributed by atoms with Gasteiger partial charge in [-0.05, 0) is 24.0 Å². The summed E-state index contributed by atoms with van der Waals surface area (Å²) in [5.74, 6) is -0.410. The third-order valence-corrected chi connectivity index (χ3v) is 6.17. The topological polar surface area (TPSA) is 85.2 Å². The summed E-state index contributed by atoms with van der Waals surface area (Å²) in [6.07, 6.45) is 4.28. The van der Waals surface area contributed by atoms with E-state index >= 15 is 0 Å². The van der Waals surface area contributed by atoms with Crippen LogP contribution in [0.15, 0.2) is 72.0 Å². The number of hydrazine groups is 1. The summed E-state index contributed by atoms with van der Waals surface area (Å²) in [5.41, 5.74) is 7.91. The van der Waals surface area contributed by atoms with Crippen molar-refractivity contribution < 1.29 is 14.3 Å². The van der Waals surface area contributed by atoms with Gasteiger partial charge >= 0.3 is 0 Å². The summed E-state index contributed by atoms with van der Waals surface area (Å²) in [7, 11) is 0. The van der Waals surface area contributed by atoms with Gasteiger partial charge in [0, 0.05) is 6.61 Å². The van der Waals surface area contributed by atoms with E-state index in [1.807, 2.05) is 66.9 Å². The molecule has 0 aliphatic carbocycles.